The number of hydrogen-bond donors (Lipinski definition) is 0. The molecule has 7 nitrogen and oxygen atoms in total. The van der Waals surface area contributed by atoms with Crippen molar-refractivity contribution in [2.45, 2.75) is 19.5 Å². The van der Waals surface area contributed by atoms with E-state index >= 15 is 0 Å². The van der Waals surface area contributed by atoms with Crippen molar-refractivity contribution in [3.63, 3.8) is 0 Å². The van der Waals surface area contributed by atoms with Crippen LogP contribution in [0.3, 0.4) is 0 Å². The maximum atomic E-state index is 9.05. The molecule has 0 unspecified atom stereocenters. The molecule has 2 aromatic heterocycles. The minimum absolute atomic E-state index is 0.120. The van der Waals surface area contributed by atoms with Crippen molar-refractivity contribution in [2.24, 2.45) is 7.05 Å². The lowest BCUT2D eigenvalue weighted by atomic mass is 10.1. The lowest BCUT2D eigenvalue weighted by molar-refractivity contribution is 0.0714. The van der Waals surface area contributed by atoms with Gasteiger partial charge in [0.15, 0.2) is 5.82 Å². The number of aromatic nitrogens is 3. The molecule has 0 saturated carbocycles. The van der Waals surface area contributed by atoms with E-state index in [-0.39, 0.29) is 6.04 Å². The Bertz CT molecular complexity index is 697. The Morgan fingerprint density at radius 3 is 2.86 bits per heavy atom. The fourth-order valence-corrected chi connectivity index (χ4v) is 2.88. The smallest absolute Gasteiger partial charge is 0.245 e. The zero-order valence-corrected chi connectivity index (χ0v) is 13.2. The van der Waals surface area contributed by atoms with Crippen LogP contribution in [-0.4, -0.2) is 51.2 Å². The first kappa shape index (κ1) is 14.8. The molecular formula is C15H20N6O. The fraction of sp³-hybridized carbons (Fsp3) is 0.533. The average Bonchev–Trinajstić information content (AvgIpc) is 3.07. The Morgan fingerprint density at radius 1 is 1.41 bits per heavy atom. The Kier molecular flexibility index (Phi) is 3.96. The first-order chi connectivity index (χ1) is 10.6. The molecule has 1 atom stereocenters. The molecule has 116 valence electrons. The van der Waals surface area contributed by atoms with Gasteiger partial charge in [-0.2, -0.15) is 10.2 Å². The highest BCUT2D eigenvalue weighted by Crippen LogP contribution is 2.24. The van der Waals surface area contributed by atoms with Crippen molar-refractivity contribution >= 4 is 0 Å². The average molecular weight is 300 g/mol. The van der Waals surface area contributed by atoms with Gasteiger partial charge in [0.2, 0.25) is 5.89 Å². The van der Waals surface area contributed by atoms with Crippen LogP contribution in [0.25, 0.3) is 0 Å². The summed E-state index contributed by atoms with van der Waals surface area (Å²) in [7, 11) is 3.98. The van der Waals surface area contributed by atoms with Crippen LogP contribution in [-0.2, 0) is 13.6 Å². The standard InChI is InChI=1S/C15H20N6O/c1-11-17-15(22-18-11)14-10-21(5-4-19(14)2)9-12-6-13(7-16)20(3)8-12/h6,8,14H,4-5,9-10H2,1-3H3/t14-/m0/s1. The normalized spacial score (nSPS) is 20.2. The van der Waals surface area contributed by atoms with Gasteiger partial charge < -0.3 is 9.09 Å². The van der Waals surface area contributed by atoms with E-state index in [2.05, 4.69) is 33.1 Å². The van der Waals surface area contributed by atoms with E-state index in [0.717, 1.165) is 31.7 Å². The van der Waals surface area contributed by atoms with Crippen LogP contribution in [0.1, 0.15) is 29.0 Å². The van der Waals surface area contributed by atoms with E-state index in [1.807, 2.05) is 30.8 Å². The number of nitriles is 1. The quantitative estimate of drug-likeness (QED) is 0.844. The van der Waals surface area contributed by atoms with E-state index in [4.69, 9.17) is 9.78 Å². The summed E-state index contributed by atoms with van der Waals surface area (Å²) in [4.78, 5) is 8.97. The molecule has 3 rings (SSSR count). The predicted octanol–water partition coefficient (Wildman–Crippen LogP) is 1.08. The molecule has 0 bridgehead atoms. The predicted molar refractivity (Wildman–Crippen MR) is 79.8 cm³/mol. The Labute approximate surface area is 129 Å². The van der Waals surface area contributed by atoms with Gasteiger partial charge in [0.25, 0.3) is 0 Å². The molecule has 0 N–H and O–H groups in total. The summed E-state index contributed by atoms with van der Waals surface area (Å²) in [6.45, 7) is 5.43. The number of hydrogen-bond acceptors (Lipinski definition) is 6. The van der Waals surface area contributed by atoms with Gasteiger partial charge in [-0.05, 0) is 25.6 Å². The van der Waals surface area contributed by atoms with E-state index in [9.17, 15) is 0 Å². The Balaban J connectivity index is 1.71. The molecule has 7 heteroatoms. The summed E-state index contributed by atoms with van der Waals surface area (Å²) >= 11 is 0. The maximum absolute atomic E-state index is 9.05. The molecule has 0 amide bonds. The highest BCUT2D eigenvalue weighted by molar-refractivity contribution is 5.28. The molecule has 0 radical (unpaired) electrons. The molecule has 0 aromatic carbocycles. The molecule has 1 saturated heterocycles. The second-order valence-corrected chi connectivity index (χ2v) is 5.87. The highest BCUT2D eigenvalue weighted by atomic mass is 16.5. The SMILES string of the molecule is Cc1noc([C@@H]2CN(Cc3cc(C#N)n(C)c3)CCN2C)n1. The summed E-state index contributed by atoms with van der Waals surface area (Å²) in [5, 5.41) is 12.9. The number of nitrogens with zero attached hydrogens (tertiary/aromatic N) is 6. The van der Waals surface area contributed by atoms with Gasteiger partial charge in [0.1, 0.15) is 17.8 Å². The van der Waals surface area contributed by atoms with E-state index in [0.29, 0.717) is 17.4 Å². The molecule has 0 aliphatic carbocycles. The lowest BCUT2D eigenvalue weighted by Crippen LogP contribution is -2.46. The van der Waals surface area contributed by atoms with E-state index in [1.165, 1.54) is 0 Å². The molecule has 1 aliphatic rings. The third kappa shape index (κ3) is 2.89. The van der Waals surface area contributed by atoms with Crippen molar-refractivity contribution in [1.82, 2.24) is 24.5 Å². The van der Waals surface area contributed by atoms with E-state index < -0.39 is 0 Å². The van der Waals surface area contributed by atoms with Gasteiger partial charge in [-0.25, -0.2) is 0 Å². The second-order valence-electron chi connectivity index (χ2n) is 5.87. The van der Waals surface area contributed by atoms with Gasteiger partial charge >= 0.3 is 0 Å². The number of likely N-dealkylation sites (N-methyl/N-ethyl adjacent to an activating group) is 1. The third-order valence-corrected chi connectivity index (χ3v) is 4.14. The van der Waals surface area contributed by atoms with Gasteiger partial charge in [-0.3, -0.25) is 9.80 Å². The zero-order chi connectivity index (χ0) is 15.7. The number of piperazine rings is 1. The summed E-state index contributed by atoms with van der Waals surface area (Å²) in [6, 6.07) is 4.27. The molecule has 22 heavy (non-hydrogen) atoms. The van der Waals surface area contributed by atoms with E-state index in [1.54, 1.807) is 0 Å². The Hall–Kier alpha value is -2.17. The highest BCUT2D eigenvalue weighted by Gasteiger charge is 2.29. The van der Waals surface area contributed by atoms with Crippen LogP contribution in [0.2, 0.25) is 0 Å². The zero-order valence-electron chi connectivity index (χ0n) is 13.2. The first-order valence-electron chi connectivity index (χ1n) is 7.35. The van der Waals surface area contributed by atoms with Gasteiger partial charge in [-0.1, -0.05) is 5.16 Å². The summed E-state index contributed by atoms with van der Waals surface area (Å²) in [5.41, 5.74) is 1.84. The van der Waals surface area contributed by atoms with Crippen LogP contribution >= 0.6 is 0 Å². The maximum Gasteiger partial charge on any atom is 0.245 e. The van der Waals surface area contributed by atoms with Gasteiger partial charge in [0, 0.05) is 39.4 Å². The monoisotopic (exact) mass is 300 g/mol. The minimum Gasteiger partial charge on any atom is -0.342 e. The lowest BCUT2D eigenvalue weighted by Gasteiger charge is -2.37. The van der Waals surface area contributed by atoms with Crippen LogP contribution in [0.4, 0.5) is 0 Å². The molecule has 3 heterocycles. The summed E-state index contributed by atoms with van der Waals surface area (Å²) in [5.74, 6) is 1.35. The second kappa shape index (κ2) is 5.91. The van der Waals surface area contributed by atoms with Crippen molar-refractivity contribution in [3.8, 4) is 6.07 Å². The number of aryl methyl sites for hydroxylation is 2. The minimum atomic E-state index is 0.120. The molecule has 2 aromatic rings. The first-order valence-corrected chi connectivity index (χ1v) is 7.35. The van der Waals surface area contributed by atoms with Gasteiger partial charge in [0.05, 0.1) is 0 Å². The van der Waals surface area contributed by atoms with Crippen LogP contribution in [0.15, 0.2) is 16.8 Å². The van der Waals surface area contributed by atoms with Crippen molar-refractivity contribution in [3.05, 3.63) is 35.2 Å². The largest absolute Gasteiger partial charge is 0.342 e. The van der Waals surface area contributed by atoms with Crippen molar-refractivity contribution in [2.75, 3.05) is 26.7 Å². The van der Waals surface area contributed by atoms with Crippen LogP contribution < -0.4 is 0 Å². The molecule has 1 aliphatic heterocycles. The topological polar surface area (TPSA) is 74.1 Å². The molecule has 1 fully saturated rings. The Morgan fingerprint density at radius 2 is 2.23 bits per heavy atom. The molecular weight excluding hydrogens is 280 g/mol. The van der Waals surface area contributed by atoms with Crippen LogP contribution in [0.5, 0.6) is 0 Å². The summed E-state index contributed by atoms with van der Waals surface area (Å²) in [6.07, 6.45) is 2.02. The third-order valence-electron chi connectivity index (χ3n) is 4.14. The number of rotatable bonds is 3. The van der Waals surface area contributed by atoms with Crippen molar-refractivity contribution in [1.29, 1.82) is 5.26 Å². The van der Waals surface area contributed by atoms with Crippen LogP contribution in [0, 0.1) is 18.3 Å². The molecule has 0 spiro atoms. The van der Waals surface area contributed by atoms with Crippen molar-refractivity contribution < 1.29 is 4.52 Å². The van der Waals surface area contributed by atoms with Gasteiger partial charge in [-0.15, -0.1) is 0 Å². The fourth-order valence-electron chi connectivity index (χ4n) is 2.88. The summed E-state index contributed by atoms with van der Waals surface area (Å²) < 4.78 is 7.20.